The molecule has 0 heteroatoms. The molecule has 0 nitrogen and oxygen atoms in total. The van der Waals surface area contributed by atoms with Gasteiger partial charge in [0.2, 0.25) is 0 Å². The van der Waals surface area contributed by atoms with Crippen molar-refractivity contribution in [3.63, 3.8) is 0 Å². The molecule has 0 radical (unpaired) electrons. The molecule has 0 saturated heterocycles. The van der Waals surface area contributed by atoms with Crippen LogP contribution < -0.4 is 0 Å². The zero-order chi connectivity index (χ0) is 15.1. The van der Waals surface area contributed by atoms with E-state index >= 15 is 0 Å². The Hall–Kier alpha value is -2.34. The second-order valence-electron chi connectivity index (χ2n) is 5.39. The van der Waals surface area contributed by atoms with Gasteiger partial charge in [-0.3, -0.25) is 0 Å². The summed E-state index contributed by atoms with van der Waals surface area (Å²) in [6.07, 6.45) is 0. The lowest BCUT2D eigenvalue weighted by atomic mass is 10.0. The van der Waals surface area contributed by atoms with E-state index in [0.29, 0.717) is 0 Å². The minimum Gasteiger partial charge on any atom is -0.0622 e. The first kappa shape index (κ1) is 15.1. The molecule has 0 spiro atoms. The van der Waals surface area contributed by atoms with Crippen molar-refractivity contribution in [2.24, 2.45) is 0 Å². The summed E-state index contributed by atoms with van der Waals surface area (Å²) in [7, 11) is 0. The lowest BCUT2D eigenvalue weighted by Gasteiger charge is -2.01. The molecule has 0 aromatic heterocycles. The highest BCUT2D eigenvalue weighted by molar-refractivity contribution is 5.63. The van der Waals surface area contributed by atoms with Crippen LogP contribution in [0.2, 0.25) is 0 Å². The highest BCUT2D eigenvalue weighted by atomic mass is 14.0. The Kier molecular flexibility index (Phi) is 5.34. The van der Waals surface area contributed by atoms with E-state index in [1.54, 1.807) is 0 Å². The average molecular weight is 274 g/mol. The molecule has 0 amide bonds. The number of rotatable bonds is 1. The molecule has 0 aliphatic heterocycles. The van der Waals surface area contributed by atoms with Gasteiger partial charge >= 0.3 is 0 Å². The molecular formula is C21H22. The number of hydrogen-bond acceptors (Lipinski definition) is 0. The third-order valence-electron chi connectivity index (χ3n) is 3.34. The molecule has 106 valence electrons. The zero-order valence-corrected chi connectivity index (χ0v) is 13.0. The van der Waals surface area contributed by atoms with E-state index in [1.807, 2.05) is 6.07 Å². The smallest absolute Gasteiger partial charge is 0.0181 e. The van der Waals surface area contributed by atoms with Gasteiger partial charge in [-0.05, 0) is 31.9 Å². The zero-order valence-electron chi connectivity index (χ0n) is 13.0. The van der Waals surface area contributed by atoms with Gasteiger partial charge in [-0.1, -0.05) is 95.6 Å². The van der Waals surface area contributed by atoms with Crippen LogP contribution in [0.4, 0.5) is 0 Å². The lowest BCUT2D eigenvalue weighted by molar-refractivity contribution is 1.40. The number of aryl methyl sites for hydroxylation is 3. The summed E-state index contributed by atoms with van der Waals surface area (Å²) >= 11 is 0. The van der Waals surface area contributed by atoms with Gasteiger partial charge in [0.15, 0.2) is 0 Å². The quantitative estimate of drug-likeness (QED) is 0.513. The summed E-state index contributed by atoms with van der Waals surface area (Å²) in [5, 5.41) is 0. The third-order valence-corrected chi connectivity index (χ3v) is 3.34. The molecule has 0 atom stereocenters. The molecule has 21 heavy (non-hydrogen) atoms. The maximum atomic E-state index is 2.20. The summed E-state index contributed by atoms with van der Waals surface area (Å²) in [4.78, 5) is 0. The predicted octanol–water partition coefficient (Wildman–Crippen LogP) is 5.97. The van der Waals surface area contributed by atoms with Gasteiger partial charge < -0.3 is 0 Å². The van der Waals surface area contributed by atoms with Crippen molar-refractivity contribution in [2.45, 2.75) is 20.8 Å². The van der Waals surface area contributed by atoms with Gasteiger partial charge in [0.05, 0.1) is 0 Å². The van der Waals surface area contributed by atoms with Crippen molar-refractivity contribution in [1.29, 1.82) is 0 Å². The molecule has 0 unspecified atom stereocenters. The van der Waals surface area contributed by atoms with Gasteiger partial charge in [-0.25, -0.2) is 0 Å². The molecule has 3 aromatic rings. The molecule has 3 rings (SSSR count). The third kappa shape index (κ3) is 4.92. The summed E-state index contributed by atoms with van der Waals surface area (Å²) < 4.78 is 0. The van der Waals surface area contributed by atoms with Crippen LogP contribution >= 0.6 is 0 Å². The van der Waals surface area contributed by atoms with Gasteiger partial charge in [0, 0.05) is 0 Å². The van der Waals surface area contributed by atoms with Crippen LogP contribution in [0.1, 0.15) is 16.7 Å². The Morgan fingerprint density at radius 2 is 0.952 bits per heavy atom. The Labute approximate surface area is 128 Å². The maximum absolute atomic E-state index is 2.20. The molecule has 0 N–H and O–H groups in total. The Balaban J connectivity index is 0.000000173. The monoisotopic (exact) mass is 274 g/mol. The van der Waals surface area contributed by atoms with E-state index in [-0.39, 0.29) is 0 Å². The molecule has 0 heterocycles. The van der Waals surface area contributed by atoms with Crippen molar-refractivity contribution >= 4 is 0 Å². The van der Waals surface area contributed by atoms with Crippen LogP contribution in [-0.2, 0) is 0 Å². The molecule has 0 saturated carbocycles. The molecule has 0 bridgehead atoms. The van der Waals surface area contributed by atoms with Gasteiger partial charge in [0.1, 0.15) is 0 Å². The second kappa shape index (κ2) is 7.44. The fraction of sp³-hybridized carbons (Fsp3) is 0.143. The number of hydrogen-bond donors (Lipinski definition) is 0. The SMILES string of the molecule is Cc1ccc(C)cc1.Cc1cccc(-c2ccccc2)c1. The minimum atomic E-state index is 1.28. The van der Waals surface area contributed by atoms with Crippen LogP contribution in [0.25, 0.3) is 11.1 Å². The van der Waals surface area contributed by atoms with E-state index in [4.69, 9.17) is 0 Å². The molecule has 3 aromatic carbocycles. The van der Waals surface area contributed by atoms with Crippen molar-refractivity contribution in [2.75, 3.05) is 0 Å². The van der Waals surface area contributed by atoms with Crippen LogP contribution in [0, 0.1) is 20.8 Å². The Morgan fingerprint density at radius 1 is 0.429 bits per heavy atom. The molecule has 0 aliphatic carbocycles. The maximum Gasteiger partial charge on any atom is -0.0181 e. The van der Waals surface area contributed by atoms with Crippen LogP contribution in [0.15, 0.2) is 78.9 Å². The summed E-state index contributed by atoms with van der Waals surface area (Å²) in [5.74, 6) is 0. The summed E-state index contributed by atoms with van der Waals surface area (Å²) in [6.45, 7) is 6.31. The Bertz CT molecular complexity index is 643. The first-order valence-electron chi connectivity index (χ1n) is 7.30. The average Bonchev–Trinajstić information content (AvgIpc) is 2.52. The molecule has 0 fully saturated rings. The highest BCUT2D eigenvalue weighted by Crippen LogP contribution is 2.19. The van der Waals surface area contributed by atoms with E-state index < -0.39 is 0 Å². The van der Waals surface area contributed by atoms with Crippen molar-refractivity contribution in [3.8, 4) is 11.1 Å². The fourth-order valence-corrected chi connectivity index (χ4v) is 2.09. The second-order valence-corrected chi connectivity index (χ2v) is 5.39. The van der Waals surface area contributed by atoms with Crippen molar-refractivity contribution < 1.29 is 0 Å². The van der Waals surface area contributed by atoms with Crippen molar-refractivity contribution in [3.05, 3.63) is 95.6 Å². The first-order chi connectivity index (χ1) is 10.1. The van der Waals surface area contributed by atoms with E-state index in [1.165, 1.54) is 27.8 Å². The van der Waals surface area contributed by atoms with Crippen LogP contribution in [0.5, 0.6) is 0 Å². The lowest BCUT2D eigenvalue weighted by Crippen LogP contribution is -1.77. The van der Waals surface area contributed by atoms with Crippen molar-refractivity contribution in [1.82, 2.24) is 0 Å². The van der Waals surface area contributed by atoms with E-state index in [0.717, 1.165) is 0 Å². The first-order valence-corrected chi connectivity index (χ1v) is 7.30. The summed E-state index contributed by atoms with van der Waals surface area (Å²) in [5.41, 5.74) is 6.54. The standard InChI is InChI=1S/C13H12.C8H10/c1-11-6-5-9-13(10-11)12-7-3-2-4-8-12;1-7-3-5-8(2)6-4-7/h2-10H,1H3;3-6H,1-2H3. The fourth-order valence-electron chi connectivity index (χ4n) is 2.09. The molecular weight excluding hydrogens is 252 g/mol. The van der Waals surface area contributed by atoms with Crippen LogP contribution in [-0.4, -0.2) is 0 Å². The van der Waals surface area contributed by atoms with Gasteiger partial charge in [-0.15, -0.1) is 0 Å². The highest BCUT2D eigenvalue weighted by Gasteiger charge is 1.94. The number of benzene rings is 3. The normalized spacial score (nSPS) is 9.67. The summed E-state index contributed by atoms with van der Waals surface area (Å²) in [6, 6.07) is 27.5. The topological polar surface area (TPSA) is 0 Å². The van der Waals surface area contributed by atoms with Crippen LogP contribution in [0.3, 0.4) is 0 Å². The van der Waals surface area contributed by atoms with Gasteiger partial charge in [-0.2, -0.15) is 0 Å². The Morgan fingerprint density at radius 3 is 1.48 bits per heavy atom. The van der Waals surface area contributed by atoms with Gasteiger partial charge in [0.25, 0.3) is 0 Å². The largest absolute Gasteiger partial charge is 0.0622 e. The van der Waals surface area contributed by atoms with E-state index in [9.17, 15) is 0 Å². The molecule has 0 aliphatic rings. The van der Waals surface area contributed by atoms with E-state index in [2.05, 4.69) is 93.6 Å². The predicted molar refractivity (Wildman–Crippen MR) is 92.5 cm³/mol. The minimum absolute atomic E-state index is 1.28.